The van der Waals surface area contributed by atoms with Crippen LogP contribution >= 0.6 is 27.5 Å². The molecule has 0 saturated heterocycles. The molecule has 0 aromatic heterocycles. The van der Waals surface area contributed by atoms with Crippen molar-refractivity contribution >= 4 is 44.7 Å². The molecule has 4 rings (SSSR count). The van der Waals surface area contributed by atoms with Gasteiger partial charge in [-0.2, -0.15) is 39.5 Å². The van der Waals surface area contributed by atoms with E-state index in [9.17, 15) is 49.1 Å². The predicted molar refractivity (Wildman–Crippen MR) is 131 cm³/mol. The second-order valence-corrected chi connectivity index (χ2v) is 10.9. The smallest absolute Gasteiger partial charge is 0.416 e. The minimum Gasteiger partial charge on any atom is -0.453 e. The van der Waals surface area contributed by atoms with Crippen LogP contribution in [-0.4, -0.2) is 29.5 Å². The Kier molecular flexibility index (Phi) is 8.28. The molecule has 1 saturated carbocycles. The van der Waals surface area contributed by atoms with Crippen LogP contribution in [0.15, 0.2) is 34.8 Å². The van der Waals surface area contributed by atoms with Gasteiger partial charge in [0.05, 0.1) is 35.5 Å². The largest absolute Gasteiger partial charge is 0.453 e. The van der Waals surface area contributed by atoms with Crippen LogP contribution in [0.5, 0.6) is 0 Å². The van der Waals surface area contributed by atoms with Crippen LogP contribution in [0.25, 0.3) is 0 Å². The molecule has 0 spiro atoms. The Morgan fingerprint density at radius 1 is 0.927 bits per heavy atom. The third-order valence-electron chi connectivity index (χ3n) is 6.96. The van der Waals surface area contributed by atoms with Gasteiger partial charge in [0.15, 0.2) is 0 Å². The third-order valence-corrected chi connectivity index (χ3v) is 7.74. The first-order valence-electron chi connectivity index (χ1n) is 11.8. The molecule has 2 aromatic rings. The van der Waals surface area contributed by atoms with Gasteiger partial charge in [-0.05, 0) is 88.6 Å². The van der Waals surface area contributed by atoms with Crippen LogP contribution < -0.4 is 4.90 Å². The summed E-state index contributed by atoms with van der Waals surface area (Å²) in [6.07, 6.45) is -15.4. The SMILES string of the molecule is COC(=O)N(Cc1cc(C(F)(F)F)cc(C(F)(F)F)c1)C1CC(C2CC2)N(C(=O)Cl)c2c(Br)cc(C(F)(F)F)cc21. The number of benzene rings is 2. The van der Waals surface area contributed by atoms with Crippen LogP contribution in [-0.2, 0) is 29.8 Å². The van der Waals surface area contributed by atoms with Gasteiger partial charge in [-0.1, -0.05) is 0 Å². The molecule has 1 aliphatic heterocycles. The molecule has 224 valence electrons. The normalized spacial score (nSPS) is 19.6. The molecule has 5 nitrogen and oxygen atoms in total. The Hall–Kier alpha value is -2.68. The fourth-order valence-electron chi connectivity index (χ4n) is 5.04. The molecule has 0 N–H and O–H groups in total. The van der Waals surface area contributed by atoms with E-state index in [0.29, 0.717) is 37.1 Å². The van der Waals surface area contributed by atoms with Gasteiger partial charge >= 0.3 is 30.0 Å². The summed E-state index contributed by atoms with van der Waals surface area (Å²) < 4.78 is 127. The summed E-state index contributed by atoms with van der Waals surface area (Å²) in [5.74, 6) is -0.160. The number of nitrogens with zero attached hydrogens (tertiary/aromatic N) is 2. The summed E-state index contributed by atoms with van der Waals surface area (Å²) >= 11 is 8.90. The summed E-state index contributed by atoms with van der Waals surface area (Å²) in [6, 6.07) is 0.0605. The summed E-state index contributed by atoms with van der Waals surface area (Å²) in [5, 5.41) is -1.01. The van der Waals surface area contributed by atoms with Gasteiger partial charge in [0.1, 0.15) is 0 Å². The lowest BCUT2D eigenvalue weighted by molar-refractivity contribution is -0.143. The van der Waals surface area contributed by atoms with Gasteiger partial charge in [0, 0.05) is 22.6 Å². The highest BCUT2D eigenvalue weighted by atomic mass is 79.9. The number of rotatable bonds is 4. The van der Waals surface area contributed by atoms with E-state index < -0.39 is 70.9 Å². The topological polar surface area (TPSA) is 49.9 Å². The van der Waals surface area contributed by atoms with Gasteiger partial charge < -0.3 is 4.74 Å². The van der Waals surface area contributed by atoms with Crippen molar-refractivity contribution in [3.05, 3.63) is 62.6 Å². The zero-order chi connectivity index (χ0) is 30.7. The van der Waals surface area contributed by atoms with Gasteiger partial charge in [0.2, 0.25) is 0 Å². The molecule has 2 atom stereocenters. The van der Waals surface area contributed by atoms with Crippen molar-refractivity contribution in [2.24, 2.45) is 5.92 Å². The van der Waals surface area contributed by atoms with E-state index in [1.165, 1.54) is 0 Å². The fourth-order valence-corrected chi connectivity index (χ4v) is 5.92. The van der Waals surface area contributed by atoms with Gasteiger partial charge in [-0.15, -0.1) is 0 Å². The summed E-state index contributed by atoms with van der Waals surface area (Å²) in [4.78, 5) is 27.3. The van der Waals surface area contributed by atoms with Crippen molar-refractivity contribution in [1.82, 2.24) is 4.90 Å². The highest BCUT2D eigenvalue weighted by Gasteiger charge is 2.48. The molecule has 1 fully saturated rings. The van der Waals surface area contributed by atoms with E-state index in [4.69, 9.17) is 16.3 Å². The zero-order valence-corrected chi connectivity index (χ0v) is 23.1. The average Bonchev–Trinajstić information content (AvgIpc) is 3.69. The van der Waals surface area contributed by atoms with Crippen LogP contribution in [0.2, 0.25) is 0 Å². The quantitative estimate of drug-likeness (QED) is 0.184. The van der Waals surface area contributed by atoms with Crippen LogP contribution in [0, 0.1) is 5.92 Å². The lowest BCUT2D eigenvalue weighted by Crippen LogP contribution is -2.48. The maximum Gasteiger partial charge on any atom is 0.416 e. The minimum atomic E-state index is -5.17. The summed E-state index contributed by atoms with van der Waals surface area (Å²) in [6.45, 7) is -0.885. The zero-order valence-electron chi connectivity index (χ0n) is 20.7. The molecular weight excluding hydrogens is 663 g/mol. The molecule has 41 heavy (non-hydrogen) atoms. The number of amides is 2. The van der Waals surface area contributed by atoms with Crippen LogP contribution in [0.3, 0.4) is 0 Å². The third kappa shape index (κ3) is 6.55. The Morgan fingerprint density at radius 2 is 1.44 bits per heavy atom. The number of ether oxygens (including phenoxy) is 1. The van der Waals surface area contributed by atoms with Gasteiger partial charge in [-0.3, -0.25) is 14.6 Å². The van der Waals surface area contributed by atoms with Crippen molar-refractivity contribution < 1.29 is 53.8 Å². The summed E-state index contributed by atoms with van der Waals surface area (Å²) in [7, 11) is 0.904. The molecule has 2 aromatic carbocycles. The average molecular weight is 682 g/mol. The van der Waals surface area contributed by atoms with Crippen LogP contribution in [0.4, 0.5) is 54.8 Å². The number of anilines is 1. The number of methoxy groups -OCH3 is 1. The molecule has 2 unspecified atom stereocenters. The number of alkyl halides is 9. The van der Waals surface area contributed by atoms with Crippen LogP contribution in [0.1, 0.15) is 53.1 Å². The monoisotopic (exact) mass is 680 g/mol. The van der Waals surface area contributed by atoms with E-state index in [1.54, 1.807) is 0 Å². The van der Waals surface area contributed by atoms with Crippen molar-refractivity contribution in [1.29, 1.82) is 0 Å². The molecule has 0 radical (unpaired) electrons. The van der Waals surface area contributed by atoms with E-state index in [1.807, 2.05) is 0 Å². The molecular formula is C25H19BrClF9N2O3. The van der Waals surface area contributed by atoms with E-state index in [-0.39, 0.29) is 34.1 Å². The molecule has 2 aliphatic rings. The Labute approximate surface area is 240 Å². The lowest BCUT2D eigenvalue weighted by atomic mass is 9.86. The maximum absolute atomic E-state index is 13.8. The number of carbonyl (C=O) groups excluding carboxylic acids is 2. The fraction of sp³-hybridized carbons (Fsp3) is 0.440. The minimum absolute atomic E-state index is 0.0817. The number of halogens is 11. The van der Waals surface area contributed by atoms with E-state index >= 15 is 0 Å². The first-order chi connectivity index (χ1) is 18.8. The Balaban J connectivity index is 1.91. The summed E-state index contributed by atoms with van der Waals surface area (Å²) in [5.41, 5.74) is -5.38. The van der Waals surface area contributed by atoms with Crippen molar-refractivity contribution in [3.8, 4) is 0 Å². The second kappa shape index (κ2) is 10.9. The molecule has 1 aliphatic carbocycles. The Morgan fingerprint density at radius 3 is 1.88 bits per heavy atom. The maximum atomic E-state index is 13.8. The standard InChI is InChI=1S/C25H19BrClF9N2O3/c1-41-22(40)37(10-11-4-13(23(28,29)30)6-14(5-11)24(31,32)33)19-9-18(12-2-3-12)38(21(27)39)20-16(19)7-15(8-17(20)26)25(34,35)36/h4-8,12,18-19H,2-3,9-10H2,1H3. The first kappa shape index (κ1) is 31.3. The number of hydrogen-bond donors (Lipinski definition) is 0. The van der Waals surface area contributed by atoms with Crippen molar-refractivity contribution in [3.63, 3.8) is 0 Å². The highest BCUT2D eigenvalue weighted by Crippen LogP contribution is 2.52. The van der Waals surface area contributed by atoms with Gasteiger partial charge in [-0.25, -0.2) is 4.79 Å². The number of fused-ring (bicyclic) bond motifs is 1. The van der Waals surface area contributed by atoms with Gasteiger partial charge in [0.25, 0.3) is 0 Å². The second-order valence-electron chi connectivity index (χ2n) is 9.68. The Bertz CT molecular complexity index is 1330. The lowest BCUT2D eigenvalue weighted by Gasteiger charge is -2.44. The molecule has 2 amide bonds. The first-order valence-corrected chi connectivity index (χ1v) is 13.0. The molecule has 1 heterocycles. The highest BCUT2D eigenvalue weighted by molar-refractivity contribution is 9.10. The number of hydrogen-bond acceptors (Lipinski definition) is 3. The van der Waals surface area contributed by atoms with Crippen molar-refractivity contribution in [2.45, 2.75) is 56.4 Å². The number of carbonyl (C=O) groups is 2. The molecule has 0 bridgehead atoms. The van der Waals surface area contributed by atoms with E-state index in [2.05, 4.69) is 15.9 Å². The molecule has 16 heteroatoms. The van der Waals surface area contributed by atoms with E-state index in [0.717, 1.165) is 16.9 Å². The predicted octanol–water partition coefficient (Wildman–Crippen LogP) is 9.16. The van der Waals surface area contributed by atoms with Crippen molar-refractivity contribution in [2.75, 3.05) is 12.0 Å².